The van der Waals surface area contributed by atoms with Gasteiger partial charge in [-0.1, -0.05) is 13.0 Å². The number of nitrogens with one attached hydrogen (secondary N) is 2. The van der Waals surface area contributed by atoms with Gasteiger partial charge in [0.1, 0.15) is 17.4 Å². The maximum Gasteiger partial charge on any atom is 0.295 e. The van der Waals surface area contributed by atoms with Gasteiger partial charge in [0, 0.05) is 24.4 Å². The number of halogens is 2. The lowest BCUT2D eigenvalue weighted by molar-refractivity contribution is 0.140. The quantitative estimate of drug-likeness (QED) is 0.387. The van der Waals surface area contributed by atoms with Crippen LogP contribution in [0.1, 0.15) is 25.6 Å². The van der Waals surface area contributed by atoms with Gasteiger partial charge >= 0.3 is 0 Å². The van der Waals surface area contributed by atoms with Crippen molar-refractivity contribution in [1.82, 2.24) is 24.5 Å². The molecular formula is C21H20F2N6O4S. The third kappa shape index (κ3) is 4.46. The van der Waals surface area contributed by atoms with E-state index in [4.69, 9.17) is 4.74 Å². The fourth-order valence-electron chi connectivity index (χ4n) is 3.38. The molecule has 4 aromatic rings. The molecule has 178 valence electrons. The fourth-order valence-corrected chi connectivity index (χ4v) is 4.42. The highest BCUT2D eigenvalue weighted by molar-refractivity contribution is 7.92. The van der Waals surface area contributed by atoms with Gasteiger partial charge in [0.15, 0.2) is 17.0 Å². The van der Waals surface area contributed by atoms with E-state index in [-0.39, 0.29) is 21.9 Å². The lowest BCUT2D eigenvalue weighted by Gasteiger charge is -2.10. The average molecular weight is 490 g/mol. The van der Waals surface area contributed by atoms with Gasteiger partial charge in [0.2, 0.25) is 0 Å². The van der Waals surface area contributed by atoms with Crippen LogP contribution in [-0.4, -0.2) is 40.0 Å². The molecule has 0 unspecified atom stereocenters. The zero-order valence-corrected chi connectivity index (χ0v) is 18.9. The molecule has 0 atom stereocenters. The third-order valence-corrected chi connectivity index (χ3v) is 6.25. The minimum atomic E-state index is -3.92. The number of rotatable bonds is 8. The smallest absolute Gasteiger partial charge is 0.295 e. The highest BCUT2D eigenvalue weighted by Crippen LogP contribution is 2.25. The summed E-state index contributed by atoms with van der Waals surface area (Å²) in [6, 6.07) is 8.97. The van der Waals surface area contributed by atoms with Crippen LogP contribution in [0.5, 0.6) is 5.75 Å². The van der Waals surface area contributed by atoms with E-state index in [9.17, 15) is 22.0 Å². The van der Waals surface area contributed by atoms with Gasteiger partial charge in [-0.2, -0.15) is 0 Å². The average Bonchev–Trinajstić information content (AvgIpc) is 3.18. The lowest BCUT2D eigenvalue weighted by Crippen LogP contribution is -2.15. The van der Waals surface area contributed by atoms with Gasteiger partial charge in [0.25, 0.3) is 22.0 Å². The molecule has 0 spiro atoms. The van der Waals surface area contributed by atoms with Crippen LogP contribution in [0.25, 0.3) is 22.6 Å². The van der Waals surface area contributed by atoms with E-state index in [1.54, 1.807) is 22.8 Å². The molecule has 3 aromatic heterocycles. The molecule has 1 aromatic carbocycles. The Morgan fingerprint density at radius 1 is 1.21 bits per heavy atom. The van der Waals surface area contributed by atoms with Gasteiger partial charge in [-0.25, -0.2) is 32.2 Å². The topological polar surface area (TPSA) is 132 Å². The number of fused-ring (bicyclic) bond motifs is 1. The number of sulfonamides is 1. The Labute approximate surface area is 192 Å². The van der Waals surface area contributed by atoms with Crippen LogP contribution < -0.4 is 15.0 Å². The number of benzene rings is 1. The molecule has 0 aliphatic heterocycles. The number of hydrogen-bond acceptors (Lipinski definition) is 7. The van der Waals surface area contributed by atoms with Gasteiger partial charge in [-0.15, -0.1) is 0 Å². The zero-order chi connectivity index (χ0) is 24.5. The first kappa shape index (κ1) is 23.3. The molecule has 0 amide bonds. The summed E-state index contributed by atoms with van der Waals surface area (Å²) in [6.45, 7) is 2.27. The minimum absolute atomic E-state index is 0.00241. The number of alkyl halides is 2. The summed E-state index contributed by atoms with van der Waals surface area (Å²) >= 11 is 0. The van der Waals surface area contributed by atoms with Crippen LogP contribution in [0.15, 0.2) is 52.3 Å². The number of pyridine rings is 1. The van der Waals surface area contributed by atoms with E-state index >= 15 is 0 Å². The molecule has 34 heavy (non-hydrogen) atoms. The van der Waals surface area contributed by atoms with Crippen molar-refractivity contribution in [2.75, 3.05) is 11.8 Å². The number of aromatic nitrogens is 5. The monoisotopic (exact) mass is 490 g/mol. The first-order valence-electron chi connectivity index (χ1n) is 10.2. The fraction of sp³-hybridized carbons (Fsp3) is 0.238. The molecule has 0 radical (unpaired) electrons. The molecule has 0 aliphatic rings. The van der Waals surface area contributed by atoms with Crippen LogP contribution in [0.2, 0.25) is 0 Å². The first-order chi connectivity index (χ1) is 16.2. The summed E-state index contributed by atoms with van der Waals surface area (Å²) in [6.07, 6.45) is -0.935. The highest BCUT2D eigenvalue weighted by atomic mass is 32.2. The zero-order valence-electron chi connectivity index (χ0n) is 18.1. The molecule has 10 nitrogen and oxygen atoms in total. The summed E-state index contributed by atoms with van der Waals surface area (Å²) in [5.41, 5.74) is -0.300. The van der Waals surface area contributed by atoms with E-state index in [1.165, 1.54) is 31.5 Å². The van der Waals surface area contributed by atoms with Crippen LogP contribution in [0.3, 0.4) is 0 Å². The predicted molar refractivity (Wildman–Crippen MR) is 120 cm³/mol. The summed E-state index contributed by atoms with van der Waals surface area (Å²) < 4.78 is 60.5. The van der Waals surface area contributed by atoms with E-state index in [0.717, 1.165) is 0 Å². The van der Waals surface area contributed by atoms with Crippen LogP contribution in [0, 0.1) is 0 Å². The molecule has 3 heterocycles. The molecule has 13 heteroatoms. The molecular weight excluding hydrogens is 470 g/mol. The Morgan fingerprint density at radius 3 is 2.65 bits per heavy atom. The summed E-state index contributed by atoms with van der Waals surface area (Å²) in [5.74, 6) is -0.0122. The standard InChI is InChI=1S/C21H20F2N6O4S/c1-3-9-29-16-18(25-19(17(22)23)27-21(16)30)26-20(29)12-7-8-15(24-11-12)28-34(31,32)14-6-4-5-13(10-14)33-2/h4-8,10-11,17H,3,9H2,1-2H3,(H,24,28)(H,25,27,30). The van der Waals surface area contributed by atoms with Crippen LogP contribution in [-0.2, 0) is 16.6 Å². The van der Waals surface area contributed by atoms with Crippen molar-refractivity contribution in [2.45, 2.75) is 31.2 Å². The Balaban J connectivity index is 1.70. The Morgan fingerprint density at radius 2 is 2.00 bits per heavy atom. The van der Waals surface area contributed by atoms with E-state index in [1.807, 2.05) is 6.92 Å². The third-order valence-electron chi connectivity index (χ3n) is 4.90. The second kappa shape index (κ2) is 9.17. The Hall–Kier alpha value is -3.87. The molecule has 0 bridgehead atoms. The van der Waals surface area contributed by atoms with Crippen molar-refractivity contribution in [3.8, 4) is 17.1 Å². The molecule has 2 N–H and O–H groups in total. The van der Waals surface area contributed by atoms with E-state index < -0.39 is 27.8 Å². The number of anilines is 1. The Bertz CT molecular complexity index is 1500. The van der Waals surface area contributed by atoms with Crippen LogP contribution in [0.4, 0.5) is 14.6 Å². The second-order valence-corrected chi connectivity index (χ2v) is 8.91. The molecule has 0 fully saturated rings. The van der Waals surface area contributed by atoms with Gasteiger partial charge in [-0.05, 0) is 30.7 Å². The number of aromatic amines is 1. The van der Waals surface area contributed by atoms with Gasteiger partial charge in [-0.3, -0.25) is 9.52 Å². The maximum atomic E-state index is 13.1. The summed E-state index contributed by atoms with van der Waals surface area (Å²) in [4.78, 5) is 26.7. The largest absolute Gasteiger partial charge is 0.497 e. The number of hydrogen-bond donors (Lipinski definition) is 2. The lowest BCUT2D eigenvalue weighted by atomic mass is 10.2. The Kier molecular flexibility index (Phi) is 6.28. The van der Waals surface area contributed by atoms with E-state index in [0.29, 0.717) is 30.1 Å². The van der Waals surface area contributed by atoms with Crippen molar-refractivity contribution in [3.05, 3.63) is 58.8 Å². The number of imidazole rings is 1. The van der Waals surface area contributed by atoms with Gasteiger partial charge < -0.3 is 14.3 Å². The predicted octanol–water partition coefficient (Wildman–Crippen LogP) is 3.34. The number of H-pyrrole nitrogens is 1. The number of ether oxygens (including phenoxy) is 1. The maximum absolute atomic E-state index is 13.1. The highest BCUT2D eigenvalue weighted by Gasteiger charge is 2.21. The molecule has 0 saturated carbocycles. The van der Waals surface area contributed by atoms with Crippen molar-refractivity contribution in [3.63, 3.8) is 0 Å². The summed E-state index contributed by atoms with van der Waals surface area (Å²) in [5, 5.41) is 0. The number of aryl methyl sites for hydroxylation is 1. The number of methoxy groups -OCH3 is 1. The molecule has 4 rings (SSSR count). The SMILES string of the molecule is CCCn1c(-c2ccc(NS(=O)(=O)c3cccc(OC)c3)nc2)nc2nc(C(F)F)[nH]c(=O)c21. The molecule has 0 saturated heterocycles. The number of nitrogens with zero attached hydrogens (tertiary/aromatic N) is 4. The van der Waals surface area contributed by atoms with Crippen molar-refractivity contribution in [1.29, 1.82) is 0 Å². The normalized spacial score (nSPS) is 11.8. The molecule has 0 aliphatic carbocycles. The van der Waals surface area contributed by atoms with Gasteiger partial charge in [0.05, 0.1) is 12.0 Å². The van der Waals surface area contributed by atoms with Crippen molar-refractivity contribution in [2.24, 2.45) is 0 Å². The second-order valence-electron chi connectivity index (χ2n) is 7.23. The van der Waals surface area contributed by atoms with Crippen molar-refractivity contribution >= 4 is 27.0 Å². The minimum Gasteiger partial charge on any atom is -0.497 e. The van der Waals surface area contributed by atoms with Crippen molar-refractivity contribution < 1.29 is 21.9 Å². The van der Waals surface area contributed by atoms with Crippen LogP contribution >= 0.6 is 0 Å². The summed E-state index contributed by atoms with van der Waals surface area (Å²) in [7, 11) is -2.49. The first-order valence-corrected chi connectivity index (χ1v) is 11.6. The van der Waals surface area contributed by atoms with E-state index in [2.05, 4.69) is 24.7 Å².